The lowest BCUT2D eigenvalue weighted by molar-refractivity contribution is 0.545. The van der Waals surface area contributed by atoms with Gasteiger partial charge in [-0.2, -0.15) is 5.10 Å². The van der Waals surface area contributed by atoms with E-state index < -0.39 is 0 Å². The molecule has 3 rings (SSSR count). The first-order chi connectivity index (χ1) is 9.83. The minimum atomic E-state index is 0.818. The summed E-state index contributed by atoms with van der Waals surface area (Å²) in [5.41, 5.74) is 3.73. The Morgan fingerprint density at radius 1 is 1.40 bits per heavy atom. The molecule has 0 saturated heterocycles. The van der Waals surface area contributed by atoms with Gasteiger partial charge in [-0.05, 0) is 51.3 Å². The molecule has 0 unspecified atom stereocenters. The Bertz CT molecular complexity index is 594. The summed E-state index contributed by atoms with van der Waals surface area (Å²) in [5.74, 6) is 1.77. The van der Waals surface area contributed by atoms with Crippen molar-refractivity contribution in [3.63, 3.8) is 0 Å². The largest absolute Gasteiger partial charge is 0.460 e. The molecule has 106 valence electrons. The van der Waals surface area contributed by atoms with Crippen molar-refractivity contribution in [2.45, 2.75) is 39.2 Å². The number of aromatic nitrogens is 2. The van der Waals surface area contributed by atoms with E-state index in [0.717, 1.165) is 42.3 Å². The summed E-state index contributed by atoms with van der Waals surface area (Å²) in [6, 6.07) is 3.95. The first-order valence-corrected chi connectivity index (χ1v) is 7.30. The Labute approximate surface area is 119 Å². The fourth-order valence-corrected chi connectivity index (χ4v) is 2.66. The molecule has 2 aromatic rings. The quantitative estimate of drug-likeness (QED) is 0.624. The fraction of sp³-hybridized carbons (Fsp3) is 0.438. The Balaban J connectivity index is 1.54. The summed E-state index contributed by atoms with van der Waals surface area (Å²) >= 11 is 0. The second-order valence-electron chi connectivity index (χ2n) is 5.36. The fourth-order valence-electron chi connectivity index (χ4n) is 2.66. The molecule has 0 radical (unpaired) electrons. The molecular weight excluding hydrogens is 250 g/mol. The Morgan fingerprint density at radius 3 is 3.10 bits per heavy atom. The van der Waals surface area contributed by atoms with Gasteiger partial charge in [-0.3, -0.25) is 5.10 Å². The van der Waals surface area contributed by atoms with Gasteiger partial charge in [-0.25, -0.2) is 0 Å². The molecule has 0 fully saturated rings. The van der Waals surface area contributed by atoms with Crippen LogP contribution in [0.2, 0.25) is 0 Å². The number of H-pyrrole nitrogens is 1. The van der Waals surface area contributed by atoms with Gasteiger partial charge in [0.15, 0.2) is 5.76 Å². The summed E-state index contributed by atoms with van der Waals surface area (Å²) in [4.78, 5) is 0. The van der Waals surface area contributed by atoms with Crippen LogP contribution in [0.3, 0.4) is 0 Å². The molecule has 1 aliphatic rings. The van der Waals surface area contributed by atoms with Gasteiger partial charge in [0, 0.05) is 12.1 Å². The number of hydrogen-bond donors (Lipinski definition) is 2. The highest BCUT2D eigenvalue weighted by Gasteiger charge is 2.11. The van der Waals surface area contributed by atoms with Gasteiger partial charge in [-0.15, -0.1) is 0 Å². The van der Waals surface area contributed by atoms with Crippen LogP contribution >= 0.6 is 0 Å². The number of aryl methyl sites for hydroxylation is 1. The van der Waals surface area contributed by atoms with E-state index in [0.29, 0.717) is 0 Å². The third-order valence-corrected chi connectivity index (χ3v) is 3.78. The molecule has 0 aromatic carbocycles. The van der Waals surface area contributed by atoms with Crippen molar-refractivity contribution in [2.75, 3.05) is 6.54 Å². The van der Waals surface area contributed by atoms with Crippen molar-refractivity contribution >= 4 is 0 Å². The molecule has 4 heteroatoms. The van der Waals surface area contributed by atoms with Crippen LogP contribution in [0, 0.1) is 6.92 Å². The Kier molecular flexibility index (Phi) is 4.02. The van der Waals surface area contributed by atoms with Gasteiger partial charge in [0.1, 0.15) is 11.5 Å². The lowest BCUT2D eigenvalue weighted by Gasteiger charge is -2.05. The van der Waals surface area contributed by atoms with Gasteiger partial charge in [-0.1, -0.05) is 11.6 Å². The first-order valence-electron chi connectivity index (χ1n) is 7.30. The standard InChI is InChI=1S/C16H21N3O/c1-12-6-7-15(20-12)16-14(11-18-19-16)10-17-9-8-13-4-2-3-5-13/h4,6-7,11,17H,2-3,5,8-10H2,1H3,(H,18,19). The average molecular weight is 271 g/mol. The minimum absolute atomic E-state index is 0.818. The second kappa shape index (κ2) is 6.09. The highest BCUT2D eigenvalue weighted by Crippen LogP contribution is 2.23. The molecule has 1 aliphatic carbocycles. The summed E-state index contributed by atoms with van der Waals surface area (Å²) in [6.45, 7) is 3.79. The average Bonchev–Trinajstić information content (AvgIpc) is 3.16. The van der Waals surface area contributed by atoms with Crippen LogP contribution in [-0.2, 0) is 6.54 Å². The molecule has 20 heavy (non-hydrogen) atoms. The van der Waals surface area contributed by atoms with E-state index in [-0.39, 0.29) is 0 Å². The Hall–Kier alpha value is -1.81. The van der Waals surface area contributed by atoms with E-state index in [1.165, 1.54) is 19.3 Å². The van der Waals surface area contributed by atoms with Crippen LogP contribution in [0.5, 0.6) is 0 Å². The van der Waals surface area contributed by atoms with Crippen molar-refractivity contribution in [1.82, 2.24) is 15.5 Å². The topological polar surface area (TPSA) is 53.9 Å². The monoisotopic (exact) mass is 271 g/mol. The zero-order chi connectivity index (χ0) is 13.8. The normalized spacial score (nSPS) is 14.8. The summed E-state index contributed by atoms with van der Waals surface area (Å²) in [7, 11) is 0. The second-order valence-corrected chi connectivity index (χ2v) is 5.36. The van der Waals surface area contributed by atoms with Crippen LogP contribution < -0.4 is 5.32 Å². The van der Waals surface area contributed by atoms with Crippen molar-refractivity contribution in [1.29, 1.82) is 0 Å². The number of furan rings is 1. The van der Waals surface area contributed by atoms with E-state index in [2.05, 4.69) is 21.6 Å². The third-order valence-electron chi connectivity index (χ3n) is 3.78. The molecule has 0 bridgehead atoms. The van der Waals surface area contributed by atoms with E-state index in [9.17, 15) is 0 Å². The summed E-state index contributed by atoms with van der Waals surface area (Å²) in [6.07, 6.45) is 9.29. The summed E-state index contributed by atoms with van der Waals surface area (Å²) in [5, 5.41) is 10.6. The molecule has 0 spiro atoms. The van der Waals surface area contributed by atoms with Crippen LogP contribution in [0.4, 0.5) is 0 Å². The van der Waals surface area contributed by atoms with Gasteiger partial charge in [0.2, 0.25) is 0 Å². The van der Waals surface area contributed by atoms with Crippen molar-refractivity contribution in [3.05, 3.63) is 41.3 Å². The molecule has 2 aromatic heterocycles. The smallest absolute Gasteiger partial charge is 0.152 e. The van der Waals surface area contributed by atoms with Crippen LogP contribution in [0.15, 0.2) is 34.4 Å². The van der Waals surface area contributed by atoms with Crippen molar-refractivity contribution in [3.8, 4) is 11.5 Å². The van der Waals surface area contributed by atoms with Gasteiger partial charge in [0.05, 0.1) is 6.20 Å². The predicted molar refractivity (Wildman–Crippen MR) is 79.3 cm³/mol. The first kappa shape index (κ1) is 13.2. The van der Waals surface area contributed by atoms with Crippen LogP contribution in [0.25, 0.3) is 11.5 Å². The molecule has 2 heterocycles. The lowest BCUT2D eigenvalue weighted by atomic mass is 10.1. The summed E-state index contributed by atoms with van der Waals surface area (Å²) < 4.78 is 5.65. The molecule has 0 aliphatic heterocycles. The van der Waals surface area contributed by atoms with Crippen LogP contribution in [-0.4, -0.2) is 16.7 Å². The number of rotatable bonds is 6. The highest BCUT2D eigenvalue weighted by atomic mass is 16.3. The van der Waals surface area contributed by atoms with Crippen LogP contribution in [0.1, 0.15) is 37.0 Å². The molecule has 0 atom stereocenters. The van der Waals surface area contributed by atoms with Crippen molar-refractivity contribution in [2.24, 2.45) is 0 Å². The zero-order valence-electron chi connectivity index (χ0n) is 11.9. The number of allylic oxidation sites excluding steroid dienone is 1. The molecule has 0 saturated carbocycles. The van der Waals surface area contributed by atoms with E-state index in [1.54, 1.807) is 5.57 Å². The minimum Gasteiger partial charge on any atom is -0.460 e. The zero-order valence-corrected chi connectivity index (χ0v) is 11.9. The number of nitrogens with one attached hydrogen (secondary N) is 2. The SMILES string of the molecule is Cc1ccc(-c2[nH]ncc2CNCCC2=CCCC2)o1. The number of hydrogen-bond acceptors (Lipinski definition) is 3. The molecule has 2 N–H and O–H groups in total. The van der Waals surface area contributed by atoms with Gasteiger partial charge < -0.3 is 9.73 Å². The maximum atomic E-state index is 5.65. The maximum absolute atomic E-state index is 5.65. The molecule has 4 nitrogen and oxygen atoms in total. The predicted octanol–water partition coefficient (Wildman–Crippen LogP) is 3.57. The van der Waals surface area contributed by atoms with E-state index in [4.69, 9.17) is 4.42 Å². The number of nitrogens with zero attached hydrogens (tertiary/aromatic N) is 1. The van der Waals surface area contributed by atoms with Gasteiger partial charge in [0.25, 0.3) is 0 Å². The third kappa shape index (κ3) is 3.02. The molecule has 0 amide bonds. The maximum Gasteiger partial charge on any atom is 0.152 e. The lowest BCUT2D eigenvalue weighted by Crippen LogP contribution is -2.15. The molecular formula is C16H21N3O. The van der Waals surface area contributed by atoms with E-state index in [1.807, 2.05) is 25.3 Å². The van der Waals surface area contributed by atoms with Gasteiger partial charge >= 0.3 is 0 Å². The Morgan fingerprint density at radius 2 is 2.35 bits per heavy atom. The number of aromatic amines is 1. The highest BCUT2D eigenvalue weighted by molar-refractivity contribution is 5.56. The van der Waals surface area contributed by atoms with Crippen molar-refractivity contribution < 1.29 is 4.42 Å². The van der Waals surface area contributed by atoms with E-state index >= 15 is 0 Å².